The van der Waals surface area contributed by atoms with Gasteiger partial charge in [0.1, 0.15) is 5.78 Å². The Morgan fingerprint density at radius 1 is 1.30 bits per heavy atom. The third-order valence-corrected chi connectivity index (χ3v) is 5.55. The van der Waals surface area contributed by atoms with E-state index in [1.165, 1.54) is 5.56 Å². The van der Waals surface area contributed by atoms with Crippen LogP contribution in [0.2, 0.25) is 0 Å². The topological polar surface area (TPSA) is 38.8 Å². The number of carbonyl (C=O) groups excluding carboxylic acids is 1. The number of Topliss-reactive ketones (excluding diaryl/α,β-unsaturated/α-hetero) is 1. The Balaban J connectivity index is 1.97. The van der Waals surface area contributed by atoms with Crippen LogP contribution in [0.25, 0.3) is 0 Å². The van der Waals surface area contributed by atoms with Gasteiger partial charge in [0, 0.05) is 24.3 Å². The minimum absolute atomic E-state index is 0.0826. The minimum atomic E-state index is 0.0826. The molecule has 1 saturated carbocycles. The molecular formula is C19H27NO3. The van der Waals surface area contributed by atoms with E-state index in [-0.39, 0.29) is 5.41 Å². The molecule has 0 unspecified atom stereocenters. The lowest BCUT2D eigenvalue weighted by Gasteiger charge is -2.41. The van der Waals surface area contributed by atoms with Gasteiger partial charge in [-0.25, -0.2) is 0 Å². The fourth-order valence-corrected chi connectivity index (χ4v) is 4.24. The highest BCUT2D eigenvalue weighted by molar-refractivity contribution is 5.81. The number of likely N-dealkylation sites (tertiary alicyclic amines) is 1. The van der Waals surface area contributed by atoms with E-state index in [9.17, 15) is 4.79 Å². The smallest absolute Gasteiger partial charge is 0.161 e. The predicted octanol–water partition coefficient (Wildman–Crippen LogP) is 3.18. The van der Waals surface area contributed by atoms with Crippen molar-refractivity contribution in [2.45, 2.75) is 50.5 Å². The zero-order valence-electron chi connectivity index (χ0n) is 14.4. The van der Waals surface area contributed by atoms with Gasteiger partial charge >= 0.3 is 0 Å². The molecule has 0 spiro atoms. The van der Waals surface area contributed by atoms with Crippen LogP contribution in [-0.4, -0.2) is 44.0 Å². The third-order valence-electron chi connectivity index (χ3n) is 5.55. The van der Waals surface area contributed by atoms with Crippen LogP contribution in [-0.2, 0) is 10.2 Å². The van der Waals surface area contributed by atoms with Crippen LogP contribution in [0.5, 0.6) is 11.5 Å². The van der Waals surface area contributed by atoms with E-state index in [0.717, 1.165) is 37.3 Å². The molecule has 0 aromatic heterocycles. The van der Waals surface area contributed by atoms with Crippen molar-refractivity contribution in [3.8, 4) is 11.5 Å². The number of rotatable bonds is 5. The maximum absolute atomic E-state index is 12.0. The quantitative estimate of drug-likeness (QED) is 0.836. The van der Waals surface area contributed by atoms with Crippen molar-refractivity contribution < 1.29 is 14.3 Å². The van der Waals surface area contributed by atoms with Gasteiger partial charge in [-0.3, -0.25) is 4.79 Å². The molecule has 23 heavy (non-hydrogen) atoms. The fourth-order valence-electron chi connectivity index (χ4n) is 4.24. The van der Waals surface area contributed by atoms with Crippen molar-refractivity contribution in [3.05, 3.63) is 23.8 Å². The van der Waals surface area contributed by atoms with Crippen LogP contribution in [0.3, 0.4) is 0 Å². The highest BCUT2D eigenvalue weighted by Gasteiger charge is 2.50. The molecule has 3 rings (SSSR count). The van der Waals surface area contributed by atoms with E-state index in [4.69, 9.17) is 9.47 Å². The Labute approximate surface area is 138 Å². The van der Waals surface area contributed by atoms with Crippen molar-refractivity contribution in [2.24, 2.45) is 0 Å². The van der Waals surface area contributed by atoms with Crippen LogP contribution in [0.15, 0.2) is 18.2 Å². The molecule has 4 nitrogen and oxygen atoms in total. The van der Waals surface area contributed by atoms with Crippen molar-refractivity contribution in [3.63, 3.8) is 0 Å². The molecule has 2 fully saturated rings. The van der Waals surface area contributed by atoms with Gasteiger partial charge in [-0.15, -0.1) is 0 Å². The number of fused-ring (bicyclic) bond motifs is 1. The normalized spacial score (nSPS) is 27.8. The number of likely N-dealkylation sites (N-methyl/N-ethyl adjacent to an activating group) is 1. The highest BCUT2D eigenvalue weighted by Crippen LogP contribution is 2.49. The second-order valence-corrected chi connectivity index (χ2v) is 6.86. The first kappa shape index (κ1) is 16.3. The van der Waals surface area contributed by atoms with Crippen molar-refractivity contribution >= 4 is 5.78 Å². The lowest BCUT2D eigenvalue weighted by atomic mass is 9.66. The summed E-state index contributed by atoms with van der Waals surface area (Å²) in [4.78, 5) is 14.3. The molecule has 0 radical (unpaired) electrons. The van der Waals surface area contributed by atoms with E-state index in [0.29, 0.717) is 31.3 Å². The van der Waals surface area contributed by atoms with Crippen molar-refractivity contribution in [1.82, 2.24) is 4.90 Å². The molecule has 0 amide bonds. The summed E-state index contributed by atoms with van der Waals surface area (Å²) in [5, 5.41) is 0. The predicted molar refractivity (Wildman–Crippen MR) is 90.4 cm³/mol. The van der Waals surface area contributed by atoms with E-state index < -0.39 is 0 Å². The Bertz CT molecular complexity index is 586. The number of ketones is 1. The number of hydrogen-bond acceptors (Lipinski definition) is 4. The molecule has 1 aliphatic carbocycles. The number of nitrogens with zero attached hydrogens (tertiary/aromatic N) is 1. The van der Waals surface area contributed by atoms with Gasteiger partial charge in [0.25, 0.3) is 0 Å². The van der Waals surface area contributed by atoms with Crippen LogP contribution < -0.4 is 9.47 Å². The molecule has 2 aliphatic rings. The largest absolute Gasteiger partial charge is 0.493 e. The Morgan fingerprint density at radius 3 is 2.87 bits per heavy atom. The monoisotopic (exact) mass is 317 g/mol. The summed E-state index contributed by atoms with van der Waals surface area (Å²) in [6.45, 7) is 3.84. The van der Waals surface area contributed by atoms with Gasteiger partial charge in [0.05, 0.1) is 13.7 Å². The average Bonchev–Trinajstić information content (AvgIpc) is 2.90. The summed E-state index contributed by atoms with van der Waals surface area (Å²) < 4.78 is 11.3. The molecule has 1 aliphatic heterocycles. The van der Waals surface area contributed by atoms with Gasteiger partial charge in [-0.05, 0) is 50.6 Å². The number of benzene rings is 1. The molecule has 1 heterocycles. The zero-order valence-corrected chi connectivity index (χ0v) is 14.4. The number of ether oxygens (including phenoxy) is 2. The van der Waals surface area contributed by atoms with Gasteiger partial charge < -0.3 is 14.4 Å². The molecule has 0 N–H and O–H groups in total. The van der Waals surface area contributed by atoms with Crippen LogP contribution >= 0.6 is 0 Å². The first-order valence-corrected chi connectivity index (χ1v) is 8.64. The average molecular weight is 317 g/mol. The van der Waals surface area contributed by atoms with Gasteiger partial charge in [-0.2, -0.15) is 0 Å². The van der Waals surface area contributed by atoms with Gasteiger partial charge in [-0.1, -0.05) is 13.0 Å². The van der Waals surface area contributed by atoms with Gasteiger partial charge in [0.2, 0.25) is 0 Å². The van der Waals surface area contributed by atoms with E-state index >= 15 is 0 Å². The van der Waals surface area contributed by atoms with E-state index in [2.05, 4.69) is 31.0 Å². The SMILES string of the molecule is CCCOc1cc([C@]23CCC(=O)C[C@H]2N(C)CC3)ccc1OC. The second-order valence-electron chi connectivity index (χ2n) is 6.86. The first-order chi connectivity index (χ1) is 11.1. The first-order valence-electron chi connectivity index (χ1n) is 8.64. The summed E-state index contributed by atoms with van der Waals surface area (Å²) in [7, 11) is 3.82. The van der Waals surface area contributed by atoms with E-state index in [1.54, 1.807) is 7.11 Å². The summed E-state index contributed by atoms with van der Waals surface area (Å²) in [5.74, 6) is 2.01. The number of carbonyl (C=O) groups is 1. The summed E-state index contributed by atoms with van der Waals surface area (Å²) in [6, 6.07) is 6.65. The molecule has 2 atom stereocenters. The lowest BCUT2D eigenvalue weighted by Crippen LogP contribution is -2.46. The van der Waals surface area contributed by atoms with Gasteiger partial charge in [0.15, 0.2) is 11.5 Å². The molecule has 0 bridgehead atoms. The number of methoxy groups -OCH3 is 1. The van der Waals surface area contributed by atoms with Crippen LogP contribution in [0.4, 0.5) is 0 Å². The standard InChI is InChI=1S/C19H27NO3/c1-4-11-23-17-12-14(5-6-16(17)22-3)19-8-7-15(21)13-18(19)20(2)10-9-19/h5-6,12,18H,4,7-11,13H2,1-3H3/t18-,19-/m1/s1. The fraction of sp³-hybridized carbons (Fsp3) is 0.632. The lowest BCUT2D eigenvalue weighted by molar-refractivity contribution is -0.122. The third kappa shape index (κ3) is 2.85. The Kier molecular flexibility index (Phi) is 4.62. The van der Waals surface area contributed by atoms with Crippen LogP contribution in [0.1, 0.15) is 44.6 Å². The summed E-state index contributed by atoms with van der Waals surface area (Å²) in [6.07, 6.45) is 4.40. The molecular weight excluding hydrogens is 290 g/mol. The summed E-state index contributed by atoms with van der Waals surface area (Å²) in [5.41, 5.74) is 1.38. The van der Waals surface area contributed by atoms with Crippen molar-refractivity contribution in [1.29, 1.82) is 0 Å². The number of hydrogen-bond donors (Lipinski definition) is 0. The van der Waals surface area contributed by atoms with E-state index in [1.807, 2.05) is 6.07 Å². The summed E-state index contributed by atoms with van der Waals surface area (Å²) >= 11 is 0. The Morgan fingerprint density at radius 2 is 2.13 bits per heavy atom. The maximum atomic E-state index is 12.0. The zero-order chi connectivity index (χ0) is 16.4. The molecule has 126 valence electrons. The van der Waals surface area contributed by atoms with Crippen LogP contribution in [0, 0.1) is 0 Å². The molecule has 1 saturated heterocycles. The molecule has 4 heteroatoms. The highest BCUT2D eigenvalue weighted by atomic mass is 16.5. The molecule has 1 aromatic carbocycles. The maximum Gasteiger partial charge on any atom is 0.161 e. The molecule has 1 aromatic rings. The second kappa shape index (κ2) is 6.52. The Hall–Kier alpha value is -1.55. The minimum Gasteiger partial charge on any atom is -0.493 e. The van der Waals surface area contributed by atoms with Crippen molar-refractivity contribution in [2.75, 3.05) is 27.3 Å².